The lowest BCUT2D eigenvalue weighted by Gasteiger charge is -2.22. The smallest absolute Gasteiger partial charge is 0.433 e. The molecule has 2 atom stereocenters. The highest BCUT2D eigenvalue weighted by Crippen LogP contribution is 2.31. The summed E-state index contributed by atoms with van der Waals surface area (Å²) in [5.74, 6) is 0.289. The molecule has 2 unspecified atom stereocenters. The summed E-state index contributed by atoms with van der Waals surface area (Å²) in [5, 5.41) is 16.7. The van der Waals surface area contributed by atoms with Crippen LogP contribution in [0.1, 0.15) is 43.9 Å². The molecule has 40 heavy (non-hydrogen) atoms. The van der Waals surface area contributed by atoms with Gasteiger partial charge in [-0.3, -0.25) is 9.63 Å². The Morgan fingerprint density at radius 2 is 1.62 bits per heavy atom. The highest BCUT2D eigenvalue weighted by Gasteiger charge is 2.29. The molecule has 0 spiro atoms. The van der Waals surface area contributed by atoms with Gasteiger partial charge in [-0.25, -0.2) is 4.79 Å². The van der Waals surface area contributed by atoms with Crippen molar-refractivity contribution in [3.8, 4) is 17.6 Å². The Kier molecular flexibility index (Phi) is 13.6. The van der Waals surface area contributed by atoms with Gasteiger partial charge < -0.3 is 14.8 Å². The summed E-state index contributed by atoms with van der Waals surface area (Å²) in [4.78, 5) is 27.7. The van der Waals surface area contributed by atoms with Crippen LogP contribution in [0.25, 0.3) is 0 Å². The third-order valence-electron chi connectivity index (χ3n) is 5.40. The Balaban J connectivity index is 0.000000478. The van der Waals surface area contributed by atoms with E-state index in [4.69, 9.17) is 21.1 Å². The number of halogens is 1. The second-order valence-corrected chi connectivity index (χ2v) is 10.1. The van der Waals surface area contributed by atoms with Crippen molar-refractivity contribution in [1.29, 1.82) is 5.26 Å². The zero-order chi connectivity index (χ0) is 29.5. The lowest BCUT2D eigenvalue weighted by molar-refractivity contribution is -0.150. The van der Waals surface area contributed by atoms with Crippen molar-refractivity contribution in [2.45, 2.75) is 32.8 Å². The average molecular weight is 582 g/mol. The normalized spacial score (nSPS) is 12.2. The van der Waals surface area contributed by atoms with Crippen LogP contribution in [-0.4, -0.2) is 30.4 Å². The average Bonchev–Trinajstić information content (AvgIpc) is 2.96. The number of hydrogen-bond donors (Lipinski definition) is 1. The van der Waals surface area contributed by atoms with Crippen LogP contribution in [0, 0.1) is 17.2 Å². The molecule has 0 aromatic heterocycles. The minimum atomic E-state index is -1.04. The van der Waals surface area contributed by atoms with E-state index in [9.17, 15) is 14.9 Å². The van der Waals surface area contributed by atoms with Gasteiger partial charge in [-0.2, -0.15) is 5.26 Å². The van der Waals surface area contributed by atoms with Crippen molar-refractivity contribution in [3.63, 3.8) is 0 Å². The van der Waals surface area contributed by atoms with Crippen molar-refractivity contribution in [3.05, 3.63) is 95.0 Å². The van der Waals surface area contributed by atoms with Crippen molar-refractivity contribution in [1.82, 2.24) is 5.32 Å². The van der Waals surface area contributed by atoms with Crippen LogP contribution in [0.2, 0.25) is 5.02 Å². The van der Waals surface area contributed by atoms with Gasteiger partial charge in [-0.05, 0) is 61.1 Å². The van der Waals surface area contributed by atoms with Gasteiger partial charge >= 0.3 is 12.1 Å². The molecular formula is C30H32ClN3O5S. The molecule has 0 aliphatic carbocycles. The van der Waals surface area contributed by atoms with Gasteiger partial charge in [0.05, 0.1) is 5.92 Å². The SMILES string of the molecule is CC(C)C(C(=O)OC(C#N)c1cccc(Oc2ccccc2)c1)c1ccc(Cl)cc1.CNC(=O)O/N=C(\C)SC. The van der Waals surface area contributed by atoms with Crippen molar-refractivity contribution in [2.75, 3.05) is 13.3 Å². The number of ether oxygens (including phenoxy) is 2. The van der Waals surface area contributed by atoms with Crippen molar-refractivity contribution in [2.24, 2.45) is 11.1 Å². The van der Waals surface area contributed by atoms with Gasteiger partial charge in [0.15, 0.2) is 0 Å². The van der Waals surface area contributed by atoms with E-state index in [1.165, 1.54) is 18.8 Å². The number of oxime groups is 1. The second-order valence-electron chi connectivity index (χ2n) is 8.65. The molecule has 0 fully saturated rings. The van der Waals surface area contributed by atoms with Crippen LogP contribution < -0.4 is 10.1 Å². The molecule has 0 saturated carbocycles. The summed E-state index contributed by atoms with van der Waals surface area (Å²) in [6.45, 7) is 5.64. The van der Waals surface area contributed by atoms with E-state index in [0.29, 0.717) is 27.1 Å². The molecule has 8 nitrogen and oxygen atoms in total. The molecule has 0 heterocycles. The summed E-state index contributed by atoms with van der Waals surface area (Å²) < 4.78 is 11.4. The van der Waals surface area contributed by atoms with Crippen molar-refractivity contribution < 1.29 is 23.9 Å². The maximum Gasteiger partial charge on any atom is 0.433 e. The number of rotatable bonds is 8. The lowest BCUT2D eigenvalue weighted by atomic mass is 9.88. The Hall–Kier alpha value is -4.00. The first kappa shape index (κ1) is 32.2. The van der Waals surface area contributed by atoms with Crippen LogP contribution in [-0.2, 0) is 14.4 Å². The molecule has 0 aliphatic rings. The lowest BCUT2D eigenvalue weighted by Crippen LogP contribution is -2.22. The van der Waals surface area contributed by atoms with Crippen LogP contribution >= 0.6 is 23.4 Å². The fourth-order valence-corrected chi connectivity index (χ4v) is 3.61. The van der Waals surface area contributed by atoms with Gasteiger partial charge in [-0.1, -0.05) is 73.1 Å². The highest BCUT2D eigenvalue weighted by molar-refractivity contribution is 8.13. The van der Waals surface area contributed by atoms with Gasteiger partial charge in [0.1, 0.15) is 22.6 Å². The molecule has 0 saturated heterocycles. The third-order valence-corrected chi connectivity index (χ3v) is 6.31. The Labute approximate surface area is 244 Å². The largest absolute Gasteiger partial charge is 0.457 e. The first-order chi connectivity index (χ1) is 19.2. The predicted octanol–water partition coefficient (Wildman–Crippen LogP) is 7.72. The highest BCUT2D eigenvalue weighted by atomic mass is 35.5. The number of carbonyl (C=O) groups excluding carboxylic acids is 2. The van der Waals surface area contributed by atoms with Crippen LogP contribution in [0.15, 0.2) is 84.0 Å². The first-order valence-electron chi connectivity index (χ1n) is 12.3. The van der Waals surface area contributed by atoms with Gasteiger partial charge in [0.25, 0.3) is 0 Å². The van der Waals surface area contributed by atoms with Crippen LogP contribution in [0.4, 0.5) is 4.79 Å². The van der Waals surface area contributed by atoms with E-state index in [1.807, 2.05) is 62.6 Å². The summed E-state index contributed by atoms with van der Waals surface area (Å²) >= 11 is 7.39. The Bertz CT molecular complexity index is 1310. The Morgan fingerprint density at radius 3 is 2.20 bits per heavy atom. The molecule has 1 N–H and O–H groups in total. The number of thioether (sulfide) groups is 1. The molecule has 210 valence electrons. The molecule has 3 aromatic carbocycles. The van der Waals surface area contributed by atoms with E-state index < -0.39 is 24.1 Å². The number of esters is 1. The van der Waals surface area contributed by atoms with Crippen molar-refractivity contribution >= 4 is 40.5 Å². The van der Waals surface area contributed by atoms with E-state index >= 15 is 0 Å². The number of nitrogens with one attached hydrogen (secondary N) is 1. The van der Waals surface area contributed by atoms with E-state index in [1.54, 1.807) is 43.3 Å². The van der Waals surface area contributed by atoms with E-state index in [2.05, 4.69) is 21.4 Å². The molecule has 1 amide bonds. The fourth-order valence-electron chi connectivity index (χ4n) is 3.38. The zero-order valence-corrected chi connectivity index (χ0v) is 24.5. The number of nitrogens with zero attached hydrogens (tertiary/aromatic N) is 2. The number of para-hydroxylation sites is 1. The summed E-state index contributed by atoms with van der Waals surface area (Å²) in [5.41, 5.74) is 1.36. The van der Waals surface area contributed by atoms with E-state index in [0.717, 1.165) is 5.56 Å². The molecule has 3 rings (SSSR count). The van der Waals surface area contributed by atoms with E-state index in [-0.39, 0.29) is 5.92 Å². The van der Waals surface area contributed by atoms with Gasteiger partial charge in [-0.15, -0.1) is 11.8 Å². The standard InChI is InChI=1S/C25H22ClNO3.C5H10N2O2S/c1-17(2)24(18-11-13-20(26)14-12-18)25(28)30-23(16-27)19-7-6-10-22(15-19)29-21-8-4-3-5-9-21;1-4(10-3)7-9-5(8)6-2/h3-15,17,23-24H,1-2H3;1-3H3,(H,6,8)/b;7-4+. The molecule has 10 heteroatoms. The summed E-state index contributed by atoms with van der Waals surface area (Å²) in [7, 11) is 1.48. The number of carbonyl (C=O) groups is 2. The number of benzene rings is 3. The molecule has 3 aromatic rings. The first-order valence-corrected chi connectivity index (χ1v) is 13.9. The predicted molar refractivity (Wildman–Crippen MR) is 159 cm³/mol. The van der Waals surface area contributed by atoms with Crippen LogP contribution in [0.5, 0.6) is 11.5 Å². The van der Waals surface area contributed by atoms with Crippen LogP contribution in [0.3, 0.4) is 0 Å². The second kappa shape index (κ2) is 16.9. The molecular weight excluding hydrogens is 550 g/mol. The maximum absolute atomic E-state index is 13.0. The maximum atomic E-state index is 13.0. The summed E-state index contributed by atoms with van der Waals surface area (Å²) in [6.07, 6.45) is 0.269. The third kappa shape index (κ3) is 10.6. The Morgan fingerprint density at radius 1 is 0.975 bits per heavy atom. The minimum Gasteiger partial charge on any atom is -0.457 e. The number of hydrogen-bond acceptors (Lipinski definition) is 8. The summed E-state index contributed by atoms with van der Waals surface area (Å²) in [6, 6.07) is 25.5. The molecule has 0 radical (unpaired) electrons. The fraction of sp³-hybridized carbons (Fsp3) is 0.267. The van der Waals surface area contributed by atoms with Gasteiger partial charge in [0, 0.05) is 17.6 Å². The minimum absolute atomic E-state index is 0.00855. The quantitative estimate of drug-likeness (QED) is 0.0953. The zero-order valence-electron chi connectivity index (χ0n) is 23.0. The monoisotopic (exact) mass is 581 g/mol. The number of amides is 1. The molecule has 0 bridgehead atoms. The molecule has 0 aliphatic heterocycles. The van der Waals surface area contributed by atoms with Gasteiger partial charge in [0.2, 0.25) is 6.10 Å². The number of nitriles is 1. The topological polar surface area (TPSA) is 110 Å².